The first-order valence-electron chi connectivity index (χ1n) is 10.0. The fraction of sp³-hybridized carbons (Fsp3) is 0.364. The minimum atomic E-state index is -0.104. The predicted octanol–water partition coefficient (Wildman–Crippen LogP) is 2.67. The lowest BCUT2D eigenvalue weighted by atomic mass is 9.83. The molecule has 8 heteroatoms. The fourth-order valence-electron chi connectivity index (χ4n) is 4.33. The van der Waals surface area contributed by atoms with E-state index in [4.69, 9.17) is 25.2 Å². The molecule has 3 N–H and O–H groups in total. The number of fused-ring (bicyclic) bond motifs is 2. The third-order valence-corrected chi connectivity index (χ3v) is 5.84. The summed E-state index contributed by atoms with van der Waals surface area (Å²) in [4.78, 5) is 11.7. The Labute approximate surface area is 182 Å². The molecule has 1 aromatic carbocycles. The molecule has 0 saturated carbocycles. The van der Waals surface area contributed by atoms with Gasteiger partial charge in [0.15, 0.2) is 5.96 Å². The number of anilines is 1. The van der Waals surface area contributed by atoms with E-state index in [2.05, 4.69) is 34.5 Å². The molecule has 2 aliphatic heterocycles. The van der Waals surface area contributed by atoms with E-state index < -0.39 is 0 Å². The summed E-state index contributed by atoms with van der Waals surface area (Å²) in [6.45, 7) is 3.25. The normalized spacial score (nSPS) is 20.4. The highest BCUT2D eigenvalue weighted by atomic mass is 35.5. The zero-order valence-electron chi connectivity index (χ0n) is 16.9. The number of halogens is 1. The maximum absolute atomic E-state index is 6.17. The standard InChI is InChI=1S/C22H25N5O2.ClH/c1-28-16-4-6-17-14(12-16)2-5-18-20(25-22(23)26-21(17)18)15-3-7-19(24-13-15)27-8-10-29-11-9-27;/h3-4,6-7,12-13,20H,2,5,8-11H2,1H3,(H3,23,25,26);1H. The van der Waals surface area contributed by atoms with Crippen molar-refractivity contribution in [3.05, 3.63) is 58.8 Å². The van der Waals surface area contributed by atoms with E-state index in [0.29, 0.717) is 5.96 Å². The fourth-order valence-corrected chi connectivity index (χ4v) is 4.33. The maximum atomic E-state index is 6.17. The van der Waals surface area contributed by atoms with Crippen molar-refractivity contribution in [3.8, 4) is 5.75 Å². The van der Waals surface area contributed by atoms with Crippen molar-refractivity contribution >= 4 is 29.9 Å². The van der Waals surface area contributed by atoms with Gasteiger partial charge in [-0.25, -0.2) is 9.98 Å². The molecule has 158 valence electrons. The molecule has 3 aliphatic rings. The van der Waals surface area contributed by atoms with Crippen LogP contribution >= 0.6 is 12.4 Å². The number of nitrogens with zero attached hydrogens (tertiary/aromatic N) is 3. The van der Waals surface area contributed by atoms with Gasteiger partial charge in [-0.15, -0.1) is 12.4 Å². The number of aryl methyl sites for hydroxylation is 1. The predicted molar refractivity (Wildman–Crippen MR) is 120 cm³/mol. The van der Waals surface area contributed by atoms with Gasteiger partial charge in [0.2, 0.25) is 0 Å². The lowest BCUT2D eigenvalue weighted by Crippen LogP contribution is -2.37. The van der Waals surface area contributed by atoms with E-state index in [-0.39, 0.29) is 18.4 Å². The topological polar surface area (TPSA) is 85.0 Å². The monoisotopic (exact) mass is 427 g/mol. The first-order chi connectivity index (χ1) is 14.2. The van der Waals surface area contributed by atoms with E-state index in [1.54, 1.807) is 7.11 Å². The van der Waals surface area contributed by atoms with Crippen LogP contribution in [-0.4, -0.2) is 44.4 Å². The van der Waals surface area contributed by atoms with Gasteiger partial charge in [-0.3, -0.25) is 0 Å². The van der Waals surface area contributed by atoms with Crippen molar-refractivity contribution < 1.29 is 9.47 Å². The van der Waals surface area contributed by atoms with E-state index in [1.807, 2.05) is 12.3 Å². The Morgan fingerprint density at radius 2 is 2.00 bits per heavy atom. The van der Waals surface area contributed by atoms with Gasteiger partial charge < -0.3 is 25.4 Å². The largest absolute Gasteiger partial charge is 0.497 e. The minimum Gasteiger partial charge on any atom is -0.497 e. The molecule has 1 aromatic heterocycles. The van der Waals surface area contributed by atoms with Crippen molar-refractivity contribution in [2.24, 2.45) is 10.7 Å². The number of rotatable bonds is 3. The first-order valence-corrected chi connectivity index (χ1v) is 10.0. The average molecular weight is 428 g/mol. The number of aromatic nitrogens is 1. The van der Waals surface area contributed by atoms with E-state index >= 15 is 0 Å². The summed E-state index contributed by atoms with van der Waals surface area (Å²) in [5.74, 6) is 2.30. The number of methoxy groups -OCH3 is 1. The van der Waals surface area contributed by atoms with Crippen molar-refractivity contribution in [1.29, 1.82) is 0 Å². The van der Waals surface area contributed by atoms with Crippen LogP contribution in [0.15, 0.2) is 47.1 Å². The Balaban J connectivity index is 0.00000218. The lowest BCUT2D eigenvalue weighted by Gasteiger charge is -2.32. The molecule has 1 aliphatic carbocycles. The molecule has 7 nitrogen and oxygen atoms in total. The van der Waals surface area contributed by atoms with Crippen molar-refractivity contribution in [2.75, 3.05) is 38.3 Å². The van der Waals surface area contributed by atoms with Gasteiger partial charge in [0.25, 0.3) is 0 Å². The molecule has 3 heterocycles. The number of hydrogen-bond acceptors (Lipinski definition) is 7. The SMILES string of the molecule is COc1ccc2c(c1)CCC1=C2NC(N)=NC1c1ccc(N2CCOCC2)nc1.Cl. The van der Waals surface area contributed by atoms with E-state index in [0.717, 1.165) is 62.0 Å². The Morgan fingerprint density at radius 1 is 1.17 bits per heavy atom. The Hall–Kier alpha value is -2.77. The van der Waals surface area contributed by atoms with Gasteiger partial charge >= 0.3 is 0 Å². The smallest absolute Gasteiger partial charge is 0.194 e. The second-order valence-corrected chi connectivity index (χ2v) is 7.51. The molecule has 0 radical (unpaired) electrons. The van der Waals surface area contributed by atoms with Crippen LogP contribution in [0.3, 0.4) is 0 Å². The highest BCUT2D eigenvalue weighted by Gasteiger charge is 2.30. The highest BCUT2D eigenvalue weighted by Crippen LogP contribution is 2.41. The van der Waals surface area contributed by atoms with Crippen molar-refractivity contribution in [1.82, 2.24) is 10.3 Å². The van der Waals surface area contributed by atoms with Crippen LogP contribution < -0.4 is 20.7 Å². The third-order valence-electron chi connectivity index (χ3n) is 5.84. The van der Waals surface area contributed by atoms with Crippen LogP contribution in [0.1, 0.15) is 29.2 Å². The van der Waals surface area contributed by atoms with Gasteiger partial charge in [0.05, 0.1) is 26.0 Å². The lowest BCUT2D eigenvalue weighted by molar-refractivity contribution is 0.122. The molecular weight excluding hydrogens is 402 g/mol. The number of hydrogen-bond donors (Lipinski definition) is 2. The number of benzene rings is 1. The summed E-state index contributed by atoms with van der Waals surface area (Å²) >= 11 is 0. The molecule has 0 amide bonds. The molecular formula is C22H26ClN5O2. The Bertz CT molecular complexity index is 984. The molecule has 1 fully saturated rings. The van der Waals surface area contributed by atoms with Gasteiger partial charge in [0, 0.05) is 24.8 Å². The summed E-state index contributed by atoms with van der Waals surface area (Å²) in [6.07, 6.45) is 3.82. The average Bonchev–Trinajstić information content (AvgIpc) is 2.78. The molecule has 5 rings (SSSR count). The maximum Gasteiger partial charge on any atom is 0.194 e. The zero-order valence-corrected chi connectivity index (χ0v) is 17.7. The van der Waals surface area contributed by atoms with Gasteiger partial charge in [0.1, 0.15) is 17.6 Å². The molecule has 1 atom stereocenters. The molecule has 1 unspecified atom stereocenters. The highest BCUT2D eigenvalue weighted by molar-refractivity contribution is 5.92. The molecule has 2 aromatic rings. The minimum absolute atomic E-state index is 0. The quantitative estimate of drug-likeness (QED) is 0.783. The van der Waals surface area contributed by atoms with Crippen LogP contribution in [-0.2, 0) is 11.2 Å². The Morgan fingerprint density at radius 3 is 2.73 bits per heavy atom. The van der Waals surface area contributed by atoms with Crippen LogP contribution in [0, 0.1) is 0 Å². The number of nitrogens with one attached hydrogen (secondary N) is 1. The van der Waals surface area contributed by atoms with Crippen LogP contribution in [0.2, 0.25) is 0 Å². The number of pyridine rings is 1. The number of guanidine groups is 1. The molecule has 0 bridgehead atoms. The number of nitrogens with two attached hydrogens (primary N) is 1. The van der Waals surface area contributed by atoms with Crippen LogP contribution in [0.25, 0.3) is 5.70 Å². The molecule has 1 saturated heterocycles. The van der Waals surface area contributed by atoms with Gasteiger partial charge in [-0.1, -0.05) is 6.07 Å². The second-order valence-electron chi connectivity index (χ2n) is 7.51. The first kappa shape index (κ1) is 20.5. The van der Waals surface area contributed by atoms with Crippen molar-refractivity contribution in [2.45, 2.75) is 18.9 Å². The summed E-state index contributed by atoms with van der Waals surface area (Å²) in [6, 6.07) is 10.3. The third kappa shape index (κ3) is 3.70. The summed E-state index contributed by atoms with van der Waals surface area (Å²) in [5.41, 5.74) is 12.0. The zero-order chi connectivity index (χ0) is 19.8. The summed E-state index contributed by atoms with van der Waals surface area (Å²) in [7, 11) is 1.70. The van der Waals surface area contributed by atoms with Crippen LogP contribution in [0.4, 0.5) is 5.82 Å². The molecule has 30 heavy (non-hydrogen) atoms. The number of morpholine rings is 1. The van der Waals surface area contributed by atoms with Gasteiger partial charge in [-0.05, 0) is 53.8 Å². The summed E-state index contributed by atoms with van der Waals surface area (Å²) in [5, 5.41) is 3.30. The second kappa shape index (κ2) is 8.53. The summed E-state index contributed by atoms with van der Waals surface area (Å²) < 4.78 is 10.8. The number of ether oxygens (including phenoxy) is 2. The van der Waals surface area contributed by atoms with Crippen molar-refractivity contribution in [3.63, 3.8) is 0 Å². The van der Waals surface area contributed by atoms with Crippen LogP contribution in [0.5, 0.6) is 5.75 Å². The van der Waals surface area contributed by atoms with E-state index in [1.165, 1.54) is 16.7 Å². The van der Waals surface area contributed by atoms with Gasteiger partial charge in [-0.2, -0.15) is 0 Å². The van der Waals surface area contributed by atoms with E-state index in [9.17, 15) is 0 Å². The number of aliphatic imine (C=N–C) groups is 1. The molecule has 0 spiro atoms. The Kier molecular flexibility index (Phi) is 5.83.